The largest absolute Gasteiger partial charge is 0.493 e. The molecule has 0 radical (unpaired) electrons. The second-order valence-corrected chi connectivity index (χ2v) is 11.0. The summed E-state index contributed by atoms with van der Waals surface area (Å²) < 4.78 is 49.5. The molecule has 0 heterocycles. The molecule has 0 bridgehead atoms. The molecule has 0 atom stereocenters. The number of benzene rings is 3. The third-order valence-electron chi connectivity index (χ3n) is 7.98. The first-order valence-corrected chi connectivity index (χ1v) is 16.1. The Hall–Kier alpha value is -4.30. The molecule has 3 rings (SSSR count). The van der Waals surface area contributed by atoms with Crippen molar-refractivity contribution in [3.8, 4) is 51.7 Å². The van der Waals surface area contributed by atoms with E-state index in [0.717, 1.165) is 56.0 Å². The average Bonchev–Trinajstić information content (AvgIpc) is 3.14. The number of hydrogen-bond acceptors (Lipinski definition) is 13. The Morgan fingerprint density at radius 1 is 0.367 bits per heavy atom. The van der Waals surface area contributed by atoms with Crippen molar-refractivity contribution in [2.24, 2.45) is 0 Å². The maximum absolute atomic E-state index is 5.52. The quantitative estimate of drug-likeness (QED) is 0.119. The summed E-state index contributed by atoms with van der Waals surface area (Å²) in [5, 5.41) is 10.7. The zero-order chi connectivity index (χ0) is 35.6. The molecule has 49 heavy (non-hydrogen) atoms. The highest BCUT2D eigenvalue weighted by molar-refractivity contribution is 5.55. The molecule has 272 valence electrons. The monoisotopic (exact) mass is 686 g/mol. The maximum atomic E-state index is 5.52. The van der Waals surface area contributed by atoms with Gasteiger partial charge in [0.25, 0.3) is 0 Å². The summed E-state index contributed by atoms with van der Waals surface area (Å²) >= 11 is 0. The summed E-state index contributed by atoms with van der Waals surface area (Å²) in [6, 6.07) is 11.8. The summed E-state index contributed by atoms with van der Waals surface area (Å²) in [4.78, 5) is 2.42. The Morgan fingerprint density at radius 3 is 0.776 bits per heavy atom. The summed E-state index contributed by atoms with van der Waals surface area (Å²) in [5.41, 5.74) is 3.13. The van der Waals surface area contributed by atoms with Crippen LogP contribution in [0.15, 0.2) is 36.4 Å². The predicted molar refractivity (Wildman–Crippen MR) is 190 cm³/mol. The maximum Gasteiger partial charge on any atom is 0.203 e. The molecule has 13 heteroatoms. The molecule has 3 aromatic carbocycles. The lowest BCUT2D eigenvalue weighted by molar-refractivity contribution is 0.271. The van der Waals surface area contributed by atoms with Gasteiger partial charge in [-0.25, -0.2) is 0 Å². The number of ether oxygens (including phenoxy) is 9. The molecule has 0 saturated carbocycles. The highest BCUT2D eigenvalue weighted by Gasteiger charge is 2.16. The summed E-state index contributed by atoms with van der Waals surface area (Å²) in [6.45, 7) is 6.88. The Labute approximate surface area is 291 Å². The lowest BCUT2D eigenvalue weighted by Crippen LogP contribution is -2.40. The van der Waals surface area contributed by atoms with Gasteiger partial charge >= 0.3 is 0 Å². The van der Waals surface area contributed by atoms with Gasteiger partial charge in [0.15, 0.2) is 34.5 Å². The van der Waals surface area contributed by atoms with Gasteiger partial charge in [0.1, 0.15) is 0 Å². The van der Waals surface area contributed by atoms with Crippen LogP contribution < -0.4 is 58.6 Å². The van der Waals surface area contributed by atoms with Crippen LogP contribution >= 0.6 is 0 Å². The van der Waals surface area contributed by atoms with Crippen LogP contribution in [0.4, 0.5) is 0 Å². The standard InChI is InChI=1S/C36H54N4O9/c1-41-28-16-25(17-29(42-2)34(28)47-7)22-37-10-13-40(14-11-38-23-26-18-30(43-3)35(48-8)31(19-26)44-4)15-12-39-24-27-20-32(45-5)36(49-9)33(21-27)46-6/h16-21,37-39H,10-15,22-24H2,1-9H3. The van der Waals surface area contributed by atoms with E-state index in [2.05, 4.69) is 20.9 Å². The molecule has 0 saturated heterocycles. The predicted octanol–water partition coefficient (Wildman–Crippen LogP) is 3.74. The molecule has 0 unspecified atom stereocenters. The molecule has 0 amide bonds. The number of hydrogen-bond donors (Lipinski definition) is 3. The van der Waals surface area contributed by atoms with Crippen LogP contribution in [0.1, 0.15) is 16.7 Å². The van der Waals surface area contributed by atoms with Gasteiger partial charge in [-0.1, -0.05) is 0 Å². The molecule has 0 aromatic heterocycles. The average molecular weight is 687 g/mol. The van der Waals surface area contributed by atoms with Gasteiger partial charge < -0.3 is 58.6 Å². The van der Waals surface area contributed by atoms with Gasteiger partial charge in [0, 0.05) is 58.9 Å². The number of nitrogens with zero attached hydrogens (tertiary/aromatic N) is 1. The van der Waals surface area contributed by atoms with Crippen molar-refractivity contribution in [1.82, 2.24) is 20.9 Å². The number of methoxy groups -OCH3 is 9. The van der Waals surface area contributed by atoms with E-state index in [1.807, 2.05) is 36.4 Å². The topological polar surface area (TPSA) is 122 Å². The smallest absolute Gasteiger partial charge is 0.203 e. The van der Waals surface area contributed by atoms with Crippen LogP contribution in [0.5, 0.6) is 51.7 Å². The van der Waals surface area contributed by atoms with E-state index in [9.17, 15) is 0 Å². The van der Waals surface area contributed by atoms with Crippen LogP contribution in [0.3, 0.4) is 0 Å². The molecule has 0 aliphatic rings. The van der Waals surface area contributed by atoms with E-state index in [1.165, 1.54) is 0 Å². The van der Waals surface area contributed by atoms with Gasteiger partial charge in [-0.2, -0.15) is 0 Å². The molecular formula is C36H54N4O9. The van der Waals surface area contributed by atoms with Crippen molar-refractivity contribution in [3.63, 3.8) is 0 Å². The van der Waals surface area contributed by atoms with E-state index < -0.39 is 0 Å². The zero-order valence-corrected chi connectivity index (χ0v) is 30.4. The van der Waals surface area contributed by atoms with Crippen LogP contribution in [-0.2, 0) is 19.6 Å². The van der Waals surface area contributed by atoms with Crippen molar-refractivity contribution in [3.05, 3.63) is 53.1 Å². The summed E-state index contributed by atoms with van der Waals surface area (Å²) in [5.74, 6) is 5.56. The molecular weight excluding hydrogens is 632 g/mol. The lowest BCUT2D eigenvalue weighted by atomic mass is 10.1. The molecule has 3 N–H and O–H groups in total. The van der Waals surface area contributed by atoms with E-state index >= 15 is 0 Å². The highest BCUT2D eigenvalue weighted by atomic mass is 16.5. The normalized spacial score (nSPS) is 10.9. The van der Waals surface area contributed by atoms with E-state index in [0.29, 0.717) is 71.4 Å². The minimum Gasteiger partial charge on any atom is -0.493 e. The molecule has 0 fully saturated rings. The molecule has 0 spiro atoms. The van der Waals surface area contributed by atoms with Crippen LogP contribution in [0.25, 0.3) is 0 Å². The fourth-order valence-corrected chi connectivity index (χ4v) is 5.46. The second-order valence-electron chi connectivity index (χ2n) is 11.0. The van der Waals surface area contributed by atoms with E-state index in [-0.39, 0.29) is 0 Å². The number of rotatable bonds is 24. The molecule has 13 nitrogen and oxygen atoms in total. The van der Waals surface area contributed by atoms with Crippen molar-refractivity contribution < 1.29 is 42.6 Å². The van der Waals surface area contributed by atoms with Crippen molar-refractivity contribution >= 4 is 0 Å². The van der Waals surface area contributed by atoms with Crippen LogP contribution in [0.2, 0.25) is 0 Å². The van der Waals surface area contributed by atoms with Gasteiger partial charge in [-0.05, 0) is 53.1 Å². The van der Waals surface area contributed by atoms with Gasteiger partial charge in [-0.3, -0.25) is 4.90 Å². The van der Waals surface area contributed by atoms with E-state index in [1.54, 1.807) is 64.0 Å². The first-order valence-electron chi connectivity index (χ1n) is 16.1. The van der Waals surface area contributed by atoms with Gasteiger partial charge in [0.05, 0.1) is 64.0 Å². The van der Waals surface area contributed by atoms with E-state index in [4.69, 9.17) is 42.6 Å². The Bertz CT molecular complexity index is 1190. The first-order chi connectivity index (χ1) is 23.9. The number of nitrogens with one attached hydrogen (secondary N) is 3. The fourth-order valence-electron chi connectivity index (χ4n) is 5.46. The minimum atomic E-state index is 0.581. The van der Waals surface area contributed by atoms with Gasteiger partial charge in [-0.15, -0.1) is 0 Å². The molecule has 0 aliphatic heterocycles. The first kappa shape index (κ1) is 39.1. The third-order valence-corrected chi connectivity index (χ3v) is 7.98. The molecule has 0 aliphatic carbocycles. The SMILES string of the molecule is COc1cc(CNCCN(CCNCc2cc(OC)c(OC)c(OC)c2)CCNCc2cc(OC)c(OC)c(OC)c2)cc(OC)c1OC. The Morgan fingerprint density at radius 2 is 0.592 bits per heavy atom. The van der Waals surface area contributed by atoms with Crippen molar-refractivity contribution in [2.45, 2.75) is 19.6 Å². The summed E-state index contributed by atoms with van der Waals surface area (Å²) in [7, 11) is 14.5. The minimum absolute atomic E-state index is 0.581. The Balaban J connectivity index is 1.60. The van der Waals surface area contributed by atoms with Gasteiger partial charge in [0.2, 0.25) is 17.2 Å². The molecule has 3 aromatic rings. The van der Waals surface area contributed by atoms with Crippen molar-refractivity contribution in [1.29, 1.82) is 0 Å². The highest BCUT2D eigenvalue weighted by Crippen LogP contribution is 2.40. The third kappa shape index (κ3) is 11.1. The zero-order valence-electron chi connectivity index (χ0n) is 30.4. The second kappa shape index (κ2) is 20.9. The van der Waals surface area contributed by atoms with Crippen molar-refractivity contribution in [2.75, 3.05) is 103 Å². The van der Waals surface area contributed by atoms with Crippen LogP contribution in [-0.4, -0.2) is 108 Å². The Kier molecular flexibility index (Phi) is 16.7. The summed E-state index contributed by atoms with van der Waals surface area (Å²) in [6.07, 6.45) is 0. The van der Waals surface area contributed by atoms with Crippen LogP contribution in [0, 0.1) is 0 Å². The lowest BCUT2D eigenvalue weighted by Gasteiger charge is -2.23. The fraction of sp³-hybridized carbons (Fsp3) is 0.500.